The summed E-state index contributed by atoms with van der Waals surface area (Å²) in [5, 5.41) is 11.6. The zero-order valence-electron chi connectivity index (χ0n) is 15.8. The molecule has 1 N–H and O–H groups in total. The maximum absolute atomic E-state index is 12.4. The van der Waals surface area contributed by atoms with E-state index in [0.29, 0.717) is 44.9 Å². The van der Waals surface area contributed by atoms with Crippen LogP contribution in [0.4, 0.5) is 4.79 Å². The summed E-state index contributed by atoms with van der Waals surface area (Å²) in [6, 6.07) is -0.0987. The predicted octanol–water partition coefficient (Wildman–Crippen LogP) is 1.06. The first kappa shape index (κ1) is 22.2. The molecule has 1 aliphatic heterocycles. The van der Waals surface area contributed by atoms with Gasteiger partial charge in [0.15, 0.2) is 0 Å². The number of nitrogens with one attached hydrogen (secondary N) is 1. The molecular formula is C16H29ClN6O3. The Morgan fingerprint density at radius 3 is 2.65 bits per heavy atom. The van der Waals surface area contributed by atoms with Crippen molar-refractivity contribution >= 4 is 24.4 Å². The average molecular weight is 389 g/mol. The number of nitrogens with zero attached hydrogens (tertiary/aromatic N) is 5. The van der Waals surface area contributed by atoms with Gasteiger partial charge >= 0.3 is 6.09 Å². The molecule has 0 aromatic carbocycles. The van der Waals surface area contributed by atoms with Crippen molar-refractivity contribution in [2.24, 2.45) is 0 Å². The lowest BCUT2D eigenvalue weighted by molar-refractivity contribution is -0.132. The van der Waals surface area contributed by atoms with Gasteiger partial charge in [0.25, 0.3) is 0 Å². The molecule has 0 radical (unpaired) electrons. The SMILES string of the molecule is CCOC(=O)N(C)Cc1cn([C@H]2CN[C@H](C(=O)N(CC)CC)C2)nn1.Cl. The van der Waals surface area contributed by atoms with Crippen LogP contribution in [0.3, 0.4) is 0 Å². The first-order valence-corrected chi connectivity index (χ1v) is 8.80. The molecule has 10 heteroatoms. The van der Waals surface area contributed by atoms with Crippen LogP contribution < -0.4 is 5.32 Å². The third-order valence-electron chi connectivity index (χ3n) is 4.39. The molecule has 26 heavy (non-hydrogen) atoms. The molecule has 2 atom stereocenters. The van der Waals surface area contributed by atoms with Gasteiger partial charge in [-0.25, -0.2) is 9.48 Å². The summed E-state index contributed by atoms with van der Waals surface area (Å²) < 4.78 is 6.72. The van der Waals surface area contributed by atoms with E-state index >= 15 is 0 Å². The van der Waals surface area contributed by atoms with Crippen molar-refractivity contribution in [2.75, 3.05) is 33.3 Å². The molecule has 0 aliphatic carbocycles. The van der Waals surface area contributed by atoms with Crippen LogP contribution in [-0.2, 0) is 16.1 Å². The quantitative estimate of drug-likeness (QED) is 0.750. The summed E-state index contributed by atoms with van der Waals surface area (Å²) in [4.78, 5) is 27.4. The maximum atomic E-state index is 12.4. The Hall–Kier alpha value is -1.87. The highest BCUT2D eigenvalue weighted by atomic mass is 35.5. The smallest absolute Gasteiger partial charge is 0.409 e. The lowest BCUT2D eigenvalue weighted by atomic mass is 10.1. The number of amides is 2. The Labute approximate surface area is 160 Å². The van der Waals surface area contributed by atoms with Crippen LogP contribution in [0.15, 0.2) is 6.20 Å². The van der Waals surface area contributed by atoms with Crippen LogP contribution in [-0.4, -0.2) is 76.1 Å². The van der Waals surface area contributed by atoms with Gasteiger partial charge in [-0.05, 0) is 27.2 Å². The number of ether oxygens (including phenoxy) is 1. The van der Waals surface area contributed by atoms with Gasteiger partial charge < -0.3 is 19.9 Å². The summed E-state index contributed by atoms with van der Waals surface area (Å²) in [7, 11) is 1.66. The first-order chi connectivity index (χ1) is 12.0. The van der Waals surface area contributed by atoms with Crippen LogP contribution in [0.5, 0.6) is 0 Å². The normalized spacial score (nSPS) is 18.9. The predicted molar refractivity (Wildman–Crippen MR) is 99.1 cm³/mol. The molecule has 2 amide bonds. The number of carbonyl (C=O) groups is 2. The van der Waals surface area contributed by atoms with Crippen molar-refractivity contribution in [1.82, 2.24) is 30.1 Å². The molecule has 1 aliphatic rings. The summed E-state index contributed by atoms with van der Waals surface area (Å²) in [6.07, 6.45) is 2.13. The van der Waals surface area contributed by atoms with Crippen molar-refractivity contribution < 1.29 is 14.3 Å². The molecule has 0 bridgehead atoms. The standard InChI is InChI=1S/C16H28N6O3.ClH/c1-5-21(6-2)15(23)14-8-13(9-17-14)22-11-12(18-19-22)10-20(4)16(24)25-7-3;/h11,13-14,17H,5-10H2,1-4H3;1H/t13-,14+;/m1./s1. The lowest BCUT2D eigenvalue weighted by Crippen LogP contribution is -2.43. The van der Waals surface area contributed by atoms with E-state index in [-0.39, 0.29) is 36.5 Å². The Morgan fingerprint density at radius 1 is 1.35 bits per heavy atom. The second-order valence-corrected chi connectivity index (χ2v) is 6.11. The average Bonchev–Trinajstić information content (AvgIpc) is 3.25. The third kappa shape index (κ3) is 5.31. The number of aromatic nitrogens is 3. The Kier molecular flexibility index (Phi) is 8.80. The highest BCUT2D eigenvalue weighted by molar-refractivity contribution is 5.85. The Balaban J connectivity index is 0.00000338. The van der Waals surface area contributed by atoms with Crippen molar-refractivity contribution in [2.45, 2.75) is 45.8 Å². The largest absolute Gasteiger partial charge is 0.450 e. The van der Waals surface area contributed by atoms with Crippen LogP contribution in [0.1, 0.15) is 38.9 Å². The van der Waals surface area contributed by atoms with Crippen molar-refractivity contribution in [1.29, 1.82) is 0 Å². The molecule has 1 aromatic heterocycles. The van der Waals surface area contributed by atoms with E-state index in [1.165, 1.54) is 4.90 Å². The van der Waals surface area contributed by atoms with E-state index in [0.717, 1.165) is 0 Å². The van der Waals surface area contributed by atoms with E-state index in [1.54, 1.807) is 18.7 Å². The molecule has 9 nitrogen and oxygen atoms in total. The van der Waals surface area contributed by atoms with Crippen LogP contribution in [0.25, 0.3) is 0 Å². The second-order valence-electron chi connectivity index (χ2n) is 6.11. The van der Waals surface area contributed by atoms with Crippen molar-refractivity contribution in [3.05, 3.63) is 11.9 Å². The minimum Gasteiger partial charge on any atom is -0.450 e. The van der Waals surface area contributed by atoms with Crippen molar-refractivity contribution in [3.8, 4) is 0 Å². The second kappa shape index (κ2) is 10.3. The molecule has 0 saturated carbocycles. The van der Waals surface area contributed by atoms with Crippen LogP contribution >= 0.6 is 12.4 Å². The van der Waals surface area contributed by atoms with Crippen LogP contribution in [0, 0.1) is 0 Å². The number of rotatable bonds is 7. The fourth-order valence-electron chi connectivity index (χ4n) is 2.97. The minimum atomic E-state index is -0.385. The van der Waals surface area contributed by atoms with E-state index in [9.17, 15) is 9.59 Å². The zero-order chi connectivity index (χ0) is 18.4. The molecule has 1 aromatic rings. The van der Waals surface area contributed by atoms with Gasteiger partial charge in [0.05, 0.1) is 31.4 Å². The Bertz CT molecular complexity index is 592. The maximum Gasteiger partial charge on any atom is 0.409 e. The number of carbonyl (C=O) groups excluding carboxylic acids is 2. The van der Waals surface area contributed by atoms with E-state index < -0.39 is 0 Å². The van der Waals surface area contributed by atoms with Gasteiger partial charge in [-0.3, -0.25) is 4.79 Å². The number of halogens is 1. The highest BCUT2D eigenvalue weighted by Crippen LogP contribution is 2.20. The monoisotopic (exact) mass is 388 g/mol. The molecule has 148 valence electrons. The molecule has 2 heterocycles. The van der Waals surface area contributed by atoms with Gasteiger partial charge in [-0.15, -0.1) is 17.5 Å². The third-order valence-corrected chi connectivity index (χ3v) is 4.39. The molecule has 1 fully saturated rings. The van der Waals surface area contributed by atoms with E-state index in [2.05, 4.69) is 15.6 Å². The molecule has 0 unspecified atom stereocenters. The van der Waals surface area contributed by atoms with Gasteiger partial charge in [0.2, 0.25) is 5.91 Å². The summed E-state index contributed by atoms with van der Waals surface area (Å²) in [5.41, 5.74) is 0.689. The summed E-state index contributed by atoms with van der Waals surface area (Å²) in [5.74, 6) is 0.134. The number of hydrogen-bond donors (Lipinski definition) is 1. The van der Waals surface area contributed by atoms with E-state index in [4.69, 9.17) is 4.74 Å². The summed E-state index contributed by atoms with van der Waals surface area (Å²) in [6.45, 7) is 8.51. The fourth-order valence-corrected chi connectivity index (χ4v) is 2.97. The van der Waals surface area contributed by atoms with Crippen molar-refractivity contribution in [3.63, 3.8) is 0 Å². The van der Waals surface area contributed by atoms with Gasteiger partial charge in [-0.2, -0.15) is 0 Å². The number of likely N-dealkylation sites (N-methyl/N-ethyl adjacent to an activating group) is 1. The number of hydrogen-bond acceptors (Lipinski definition) is 6. The molecule has 1 saturated heterocycles. The van der Waals surface area contributed by atoms with E-state index in [1.807, 2.05) is 24.9 Å². The highest BCUT2D eigenvalue weighted by Gasteiger charge is 2.33. The molecule has 0 spiro atoms. The van der Waals surface area contributed by atoms with Crippen LogP contribution in [0.2, 0.25) is 0 Å². The first-order valence-electron chi connectivity index (χ1n) is 8.80. The van der Waals surface area contributed by atoms with Gasteiger partial charge in [0, 0.05) is 26.7 Å². The molecular weight excluding hydrogens is 360 g/mol. The molecule has 2 rings (SSSR count). The lowest BCUT2D eigenvalue weighted by Gasteiger charge is -2.22. The minimum absolute atomic E-state index is 0. The van der Waals surface area contributed by atoms with Gasteiger partial charge in [-0.1, -0.05) is 5.21 Å². The fraction of sp³-hybridized carbons (Fsp3) is 0.750. The zero-order valence-corrected chi connectivity index (χ0v) is 16.7. The van der Waals surface area contributed by atoms with Gasteiger partial charge in [0.1, 0.15) is 5.69 Å². The Morgan fingerprint density at radius 2 is 2.04 bits per heavy atom. The topological polar surface area (TPSA) is 92.6 Å². The summed E-state index contributed by atoms with van der Waals surface area (Å²) >= 11 is 0.